The first-order valence-electron chi connectivity index (χ1n) is 4.99. The molecule has 0 aliphatic rings. The van der Waals surface area contributed by atoms with Gasteiger partial charge in [-0.15, -0.1) is 6.58 Å². The van der Waals surface area contributed by atoms with E-state index in [1.165, 1.54) is 19.6 Å². The van der Waals surface area contributed by atoms with Crippen LogP contribution >= 0.6 is 0 Å². The number of esters is 1. The summed E-state index contributed by atoms with van der Waals surface area (Å²) in [6.07, 6.45) is -8.93. The molecule has 0 aromatic rings. The van der Waals surface area contributed by atoms with Gasteiger partial charge in [0, 0.05) is 26.0 Å². The third-order valence-corrected chi connectivity index (χ3v) is 1.72. The molecule has 0 amide bonds. The summed E-state index contributed by atoms with van der Waals surface area (Å²) in [6, 6.07) is 0. The zero-order valence-corrected chi connectivity index (χ0v) is 12.7. The molecule has 1 N–H and O–H groups in total. The number of rotatable bonds is 3. The van der Waals surface area contributed by atoms with Crippen molar-refractivity contribution in [2.24, 2.45) is 0 Å². The van der Waals surface area contributed by atoms with Crippen LogP contribution in [0.1, 0.15) is 6.92 Å². The van der Waals surface area contributed by atoms with Gasteiger partial charge in [0.05, 0.1) is 13.5 Å². The fraction of sp³-hybridized carbons (Fsp3) is 0.455. The number of aliphatic hydroxyl groups excluding tert-OH is 1. The van der Waals surface area contributed by atoms with E-state index in [1.54, 1.807) is 0 Å². The summed E-state index contributed by atoms with van der Waals surface area (Å²) in [7, 11) is 1.32. The average molecular weight is 429 g/mol. The molecule has 0 aliphatic carbocycles. The van der Waals surface area contributed by atoms with E-state index in [2.05, 4.69) is 11.3 Å². The van der Waals surface area contributed by atoms with Crippen molar-refractivity contribution in [2.45, 2.75) is 24.9 Å². The molecular formula is C11H12F6O4Pd-. The Labute approximate surface area is 136 Å². The minimum Gasteiger partial charge on any atom is -0.840 e. The predicted molar refractivity (Wildman–Crippen MR) is 57.7 cm³/mol. The normalized spacial score (nSPS) is 14.7. The number of allylic oxidation sites excluding steroid dienone is 1. The number of hydrogen-bond acceptors (Lipinski definition) is 4. The van der Waals surface area contributed by atoms with Gasteiger partial charge >= 0.3 is 18.3 Å². The van der Waals surface area contributed by atoms with Crippen molar-refractivity contribution in [3.05, 3.63) is 30.9 Å². The Morgan fingerprint density at radius 1 is 1.23 bits per heavy atom. The summed E-state index contributed by atoms with van der Waals surface area (Å²) >= 11 is 0. The van der Waals surface area contributed by atoms with E-state index >= 15 is 0 Å². The van der Waals surface area contributed by atoms with Crippen LogP contribution in [-0.2, 0) is 30.0 Å². The number of carbonyl (C=O) groups excluding carboxylic acids is 1. The minimum atomic E-state index is -5.40. The maximum absolute atomic E-state index is 11.7. The van der Waals surface area contributed by atoms with Gasteiger partial charge in [-0.3, -0.25) is 4.79 Å². The summed E-state index contributed by atoms with van der Waals surface area (Å²) < 4.78 is 74.1. The molecule has 1 unspecified atom stereocenters. The molecular weight excluding hydrogens is 417 g/mol. The van der Waals surface area contributed by atoms with Gasteiger partial charge in [0.2, 0.25) is 0 Å². The molecule has 1 radical (unpaired) electrons. The van der Waals surface area contributed by atoms with E-state index in [0.29, 0.717) is 0 Å². The van der Waals surface area contributed by atoms with Crippen molar-refractivity contribution in [1.82, 2.24) is 0 Å². The monoisotopic (exact) mass is 428 g/mol. The number of aliphatic hydroxyl groups is 1. The molecule has 0 saturated heterocycles. The Bertz CT molecular complexity index is 387. The fourth-order valence-corrected chi connectivity index (χ4v) is 0.589. The molecule has 0 aliphatic heterocycles. The largest absolute Gasteiger partial charge is 0.840 e. The molecule has 0 aromatic carbocycles. The topological polar surface area (TPSA) is 69.6 Å². The molecule has 0 saturated carbocycles. The molecule has 4 nitrogen and oxygen atoms in total. The van der Waals surface area contributed by atoms with Gasteiger partial charge in [-0.25, -0.2) is 0 Å². The van der Waals surface area contributed by atoms with Crippen LogP contribution in [-0.4, -0.2) is 36.1 Å². The van der Waals surface area contributed by atoms with Crippen molar-refractivity contribution in [3.63, 3.8) is 0 Å². The third-order valence-electron chi connectivity index (χ3n) is 1.72. The maximum atomic E-state index is 11.7. The number of halogens is 6. The standard InChI is InChI=1S/C6H5F6O2.C5H7O2.Pd/c1-4(14,6(10,11)12)2-3(13)5(7,8)9;1-3-4-5(6)7-2;/h2,13H,1H3;3-4H,1H2,2H3;/q-1;;/b3-2-;;. The zero-order valence-electron chi connectivity index (χ0n) is 11.2. The summed E-state index contributed by atoms with van der Waals surface area (Å²) in [6.45, 7) is 3.27. The van der Waals surface area contributed by atoms with E-state index in [4.69, 9.17) is 5.11 Å². The first-order valence-corrected chi connectivity index (χ1v) is 4.99. The summed E-state index contributed by atoms with van der Waals surface area (Å²) in [5, 5.41) is 18.6. The van der Waals surface area contributed by atoms with Crippen molar-refractivity contribution < 1.29 is 66.5 Å². The van der Waals surface area contributed by atoms with E-state index in [9.17, 15) is 36.2 Å². The van der Waals surface area contributed by atoms with Gasteiger partial charge in [-0.2, -0.15) is 26.3 Å². The van der Waals surface area contributed by atoms with Crippen molar-refractivity contribution >= 4 is 5.97 Å². The van der Waals surface area contributed by atoms with Gasteiger partial charge in [0.25, 0.3) is 0 Å². The van der Waals surface area contributed by atoms with Crippen LogP contribution in [0.2, 0.25) is 0 Å². The molecule has 0 bridgehead atoms. The third kappa shape index (κ3) is 10.6. The fourth-order valence-electron chi connectivity index (χ4n) is 0.589. The Morgan fingerprint density at radius 2 is 1.64 bits per heavy atom. The number of methoxy groups -OCH3 is 1. The first-order chi connectivity index (χ1) is 9.19. The van der Waals surface area contributed by atoms with Crippen molar-refractivity contribution in [1.29, 1.82) is 0 Å². The second kappa shape index (κ2) is 9.87. The first kappa shape index (κ1) is 25.9. The number of hydrogen-bond donors (Lipinski definition) is 1. The van der Waals surface area contributed by atoms with Crippen LogP contribution < -0.4 is 5.11 Å². The molecule has 22 heavy (non-hydrogen) atoms. The smallest absolute Gasteiger partial charge is 0.448 e. The molecule has 11 heteroatoms. The van der Waals surface area contributed by atoms with Crippen LogP contribution in [0.5, 0.6) is 0 Å². The average Bonchev–Trinajstić information content (AvgIpc) is 2.26. The Balaban J connectivity index is -0.000000385. The van der Waals surface area contributed by atoms with Gasteiger partial charge in [0.15, 0.2) is 5.76 Å². The van der Waals surface area contributed by atoms with Crippen molar-refractivity contribution in [3.8, 4) is 0 Å². The molecule has 0 heterocycles. The Hall–Kier alpha value is -1.05. The van der Waals surface area contributed by atoms with Gasteiger partial charge < -0.3 is 14.9 Å². The summed E-state index contributed by atoms with van der Waals surface area (Å²) in [4.78, 5) is 10.1. The van der Waals surface area contributed by atoms with Crippen LogP contribution in [0.25, 0.3) is 0 Å². The van der Waals surface area contributed by atoms with Crippen LogP contribution in [0, 0.1) is 6.42 Å². The molecule has 133 valence electrons. The van der Waals surface area contributed by atoms with E-state index < -0.39 is 29.8 Å². The van der Waals surface area contributed by atoms with Crippen molar-refractivity contribution in [2.75, 3.05) is 7.11 Å². The molecule has 0 fully saturated rings. The Morgan fingerprint density at radius 3 is 1.82 bits per heavy atom. The maximum Gasteiger partial charge on any atom is 0.448 e. The molecule has 0 spiro atoms. The molecule has 1 atom stereocenters. The molecule has 0 aromatic heterocycles. The summed E-state index contributed by atoms with van der Waals surface area (Å²) in [5.74, 6) is -2.91. The molecule has 0 rings (SSSR count). The SMILES string of the molecule is C=C[CH]C(=O)OC.CC([O-])(/C=C(\O)C(F)(F)F)C(F)(F)F.[Pd]. The van der Waals surface area contributed by atoms with Gasteiger partial charge in [0.1, 0.15) is 0 Å². The number of carbonyl (C=O) groups is 1. The van der Waals surface area contributed by atoms with Crippen LogP contribution in [0.3, 0.4) is 0 Å². The summed E-state index contributed by atoms with van der Waals surface area (Å²) in [5.41, 5.74) is -3.97. The van der Waals surface area contributed by atoms with E-state index in [0.717, 1.165) is 0 Å². The second-order valence-electron chi connectivity index (χ2n) is 3.56. The van der Waals surface area contributed by atoms with Gasteiger partial charge in [-0.1, -0.05) is 13.0 Å². The second-order valence-corrected chi connectivity index (χ2v) is 3.56. The minimum absolute atomic E-state index is 0. The predicted octanol–water partition coefficient (Wildman–Crippen LogP) is 2.22. The van der Waals surface area contributed by atoms with E-state index in [-0.39, 0.29) is 33.3 Å². The van der Waals surface area contributed by atoms with Gasteiger partial charge in [-0.05, 0) is 6.08 Å². The Kier molecular flexibility index (Phi) is 11.6. The quantitative estimate of drug-likeness (QED) is 0.324. The van der Waals surface area contributed by atoms with Crippen LogP contribution in [0.15, 0.2) is 24.5 Å². The zero-order chi connectivity index (χ0) is 17.5. The van der Waals surface area contributed by atoms with Crippen LogP contribution in [0.4, 0.5) is 26.3 Å². The number of alkyl halides is 6. The van der Waals surface area contributed by atoms with E-state index in [1.807, 2.05) is 0 Å². The number of ether oxygens (including phenoxy) is 1.